The Labute approximate surface area is 47.8 Å². The second-order valence-electron chi connectivity index (χ2n) is 0.902. The SMILES string of the molecule is CCC=C(Cl)Cl. The van der Waals surface area contributed by atoms with Crippen LogP contribution in [-0.4, -0.2) is 0 Å². The zero-order valence-electron chi connectivity index (χ0n) is 3.54. The highest BCUT2D eigenvalue weighted by molar-refractivity contribution is 6.55. The number of hydrogen-bond donors (Lipinski definition) is 0. The quantitative estimate of drug-likeness (QED) is 0.505. The summed E-state index contributed by atoms with van der Waals surface area (Å²) in [6.45, 7) is 1.98. The average molecular weight is 125 g/mol. The summed E-state index contributed by atoms with van der Waals surface area (Å²) in [7, 11) is 0. The third-order valence-corrected chi connectivity index (χ3v) is 0.667. The van der Waals surface area contributed by atoms with E-state index in [9.17, 15) is 0 Å². The van der Waals surface area contributed by atoms with Gasteiger partial charge < -0.3 is 0 Å². The first-order valence-electron chi connectivity index (χ1n) is 1.78. The minimum absolute atomic E-state index is 0.359. The Balaban J connectivity index is 3.14. The van der Waals surface area contributed by atoms with Crippen LogP contribution in [0.4, 0.5) is 0 Å². The maximum Gasteiger partial charge on any atom is 0.102 e. The van der Waals surface area contributed by atoms with Crippen molar-refractivity contribution in [3.63, 3.8) is 0 Å². The fourth-order valence-electron chi connectivity index (χ4n) is 0.154. The Hall–Kier alpha value is 0.320. The highest BCUT2D eigenvalue weighted by atomic mass is 35.5. The van der Waals surface area contributed by atoms with Crippen molar-refractivity contribution in [2.75, 3.05) is 0 Å². The predicted molar refractivity (Wildman–Crippen MR) is 30.1 cm³/mol. The van der Waals surface area contributed by atoms with Crippen LogP contribution in [0.2, 0.25) is 0 Å². The molecule has 0 aromatic rings. The first-order valence-corrected chi connectivity index (χ1v) is 2.54. The van der Waals surface area contributed by atoms with E-state index in [1.54, 1.807) is 6.08 Å². The Morgan fingerprint density at radius 3 is 2.17 bits per heavy atom. The van der Waals surface area contributed by atoms with Crippen molar-refractivity contribution in [3.05, 3.63) is 10.6 Å². The van der Waals surface area contributed by atoms with Crippen molar-refractivity contribution >= 4 is 23.2 Å². The zero-order chi connectivity index (χ0) is 4.99. The highest BCUT2D eigenvalue weighted by Crippen LogP contribution is 2.05. The van der Waals surface area contributed by atoms with Crippen LogP contribution in [0.5, 0.6) is 0 Å². The van der Waals surface area contributed by atoms with Crippen molar-refractivity contribution in [1.29, 1.82) is 0 Å². The predicted octanol–water partition coefficient (Wildman–Crippen LogP) is 2.72. The van der Waals surface area contributed by atoms with Gasteiger partial charge in [-0.25, -0.2) is 0 Å². The minimum Gasteiger partial charge on any atom is -0.0713 e. The Kier molecular flexibility index (Phi) is 3.70. The normalized spacial score (nSPS) is 7.83. The van der Waals surface area contributed by atoms with Gasteiger partial charge in [0.2, 0.25) is 0 Å². The molecular formula is C4H6Cl2. The molecule has 0 rings (SSSR count). The summed E-state index contributed by atoms with van der Waals surface area (Å²) in [5, 5.41) is 0. The van der Waals surface area contributed by atoms with E-state index in [0.29, 0.717) is 4.49 Å². The lowest BCUT2D eigenvalue weighted by Crippen LogP contribution is -1.49. The molecule has 0 bridgehead atoms. The maximum absolute atomic E-state index is 5.20. The van der Waals surface area contributed by atoms with Crippen molar-refractivity contribution in [3.8, 4) is 0 Å². The third-order valence-electron chi connectivity index (χ3n) is 0.358. The summed E-state index contributed by atoms with van der Waals surface area (Å²) in [5.41, 5.74) is 0. The molecule has 0 atom stereocenters. The smallest absolute Gasteiger partial charge is 0.0713 e. The highest BCUT2D eigenvalue weighted by Gasteiger charge is 1.73. The molecule has 0 heterocycles. The van der Waals surface area contributed by atoms with E-state index < -0.39 is 0 Å². The van der Waals surface area contributed by atoms with Crippen molar-refractivity contribution in [2.45, 2.75) is 13.3 Å². The summed E-state index contributed by atoms with van der Waals surface area (Å²) in [6, 6.07) is 0. The molecule has 0 aliphatic heterocycles. The number of halogens is 2. The standard InChI is InChI=1S/C4H6Cl2/c1-2-3-4(5)6/h3H,2H2,1H3. The number of rotatable bonds is 1. The van der Waals surface area contributed by atoms with E-state index in [0.717, 1.165) is 6.42 Å². The first kappa shape index (κ1) is 6.32. The summed E-state index contributed by atoms with van der Waals surface area (Å²) < 4.78 is 0.359. The van der Waals surface area contributed by atoms with E-state index in [2.05, 4.69) is 0 Å². The molecule has 0 aliphatic rings. The molecule has 0 unspecified atom stereocenters. The van der Waals surface area contributed by atoms with E-state index in [1.807, 2.05) is 6.92 Å². The van der Waals surface area contributed by atoms with Crippen molar-refractivity contribution in [1.82, 2.24) is 0 Å². The third kappa shape index (κ3) is 4.32. The molecule has 0 fully saturated rings. The Morgan fingerprint density at radius 1 is 1.67 bits per heavy atom. The molecule has 0 amide bonds. The van der Waals surface area contributed by atoms with Gasteiger partial charge in [0, 0.05) is 0 Å². The van der Waals surface area contributed by atoms with Gasteiger partial charge in [0.05, 0.1) is 0 Å². The fourth-order valence-corrected chi connectivity index (χ4v) is 0.463. The van der Waals surface area contributed by atoms with Gasteiger partial charge in [-0.2, -0.15) is 0 Å². The number of allylic oxidation sites excluding steroid dienone is 1. The topological polar surface area (TPSA) is 0 Å². The van der Waals surface area contributed by atoms with E-state index >= 15 is 0 Å². The molecule has 0 aliphatic carbocycles. The molecule has 0 N–H and O–H groups in total. The summed E-state index contributed by atoms with van der Waals surface area (Å²) in [5.74, 6) is 0. The van der Waals surface area contributed by atoms with Crippen molar-refractivity contribution in [2.24, 2.45) is 0 Å². The van der Waals surface area contributed by atoms with Gasteiger partial charge in [-0.1, -0.05) is 36.2 Å². The van der Waals surface area contributed by atoms with Gasteiger partial charge in [0.1, 0.15) is 4.49 Å². The monoisotopic (exact) mass is 124 g/mol. The van der Waals surface area contributed by atoms with Crippen LogP contribution >= 0.6 is 23.2 Å². The number of hydrogen-bond acceptors (Lipinski definition) is 0. The van der Waals surface area contributed by atoms with Gasteiger partial charge in [-0.15, -0.1) is 0 Å². The molecule has 0 aromatic heterocycles. The average Bonchev–Trinajstić information content (AvgIpc) is 1.35. The van der Waals surface area contributed by atoms with Gasteiger partial charge in [0.25, 0.3) is 0 Å². The van der Waals surface area contributed by atoms with Crippen LogP contribution in [0, 0.1) is 0 Å². The van der Waals surface area contributed by atoms with E-state index in [-0.39, 0.29) is 0 Å². The minimum atomic E-state index is 0.359. The zero-order valence-corrected chi connectivity index (χ0v) is 5.05. The van der Waals surface area contributed by atoms with Crippen LogP contribution in [0.25, 0.3) is 0 Å². The summed E-state index contributed by atoms with van der Waals surface area (Å²) in [4.78, 5) is 0. The Morgan fingerprint density at radius 2 is 2.17 bits per heavy atom. The van der Waals surface area contributed by atoms with Crippen molar-refractivity contribution < 1.29 is 0 Å². The van der Waals surface area contributed by atoms with Gasteiger partial charge in [-0.3, -0.25) is 0 Å². The van der Waals surface area contributed by atoms with Crippen LogP contribution in [0.1, 0.15) is 13.3 Å². The van der Waals surface area contributed by atoms with Crippen LogP contribution < -0.4 is 0 Å². The molecule has 0 saturated heterocycles. The largest absolute Gasteiger partial charge is 0.102 e. The molecule has 36 valence electrons. The first-order chi connectivity index (χ1) is 2.77. The Bertz CT molecular complexity index is 52.6. The van der Waals surface area contributed by atoms with Crippen LogP contribution in [0.15, 0.2) is 10.6 Å². The lowest BCUT2D eigenvalue weighted by molar-refractivity contribution is 1.23. The molecule has 6 heavy (non-hydrogen) atoms. The lowest BCUT2D eigenvalue weighted by Gasteiger charge is -1.74. The molecule has 0 saturated carbocycles. The van der Waals surface area contributed by atoms with Gasteiger partial charge in [-0.05, 0) is 6.42 Å². The van der Waals surface area contributed by atoms with E-state index in [4.69, 9.17) is 23.2 Å². The molecule has 0 spiro atoms. The molecule has 0 nitrogen and oxygen atoms in total. The fraction of sp³-hybridized carbons (Fsp3) is 0.500. The summed E-state index contributed by atoms with van der Waals surface area (Å²) in [6.07, 6.45) is 2.64. The van der Waals surface area contributed by atoms with Gasteiger partial charge in [0.15, 0.2) is 0 Å². The molecular weight excluding hydrogens is 119 g/mol. The molecule has 2 heteroatoms. The second kappa shape index (κ2) is 3.51. The molecule has 0 radical (unpaired) electrons. The van der Waals surface area contributed by atoms with Crippen LogP contribution in [-0.2, 0) is 0 Å². The van der Waals surface area contributed by atoms with Crippen LogP contribution in [0.3, 0.4) is 0 Å². The lowest BCUT2D eigenvalue weighted by atomic mass is 10.5. The van der Waals surface area contributed by atoms with E-state index in [1.165, 1.54) is 0 Å². The molecule has 0 aromatic carbocycles. The maximum atomic E-state index is 5.20. The summed E-state index contributed by atoms with van der Waals surface area (Å²) >= 11 is 10.4. The second-order valence-corrected chi connectivity index (χ2v) is 1.91. The van der Waals surface area contributed by atoms with Gasteiger partial charge >= 0.3 is 0 Å².